The third-order valence-corrected chi connectivity index (χ3v) is 3.98. The Morgan fingerprint density at radius 1 is 1.00 bits per heavy atom. The van der Waals surface area contributed by atoms with E-state index in [2.05, 4.69) is 20.1 Å². The molecule has 0 amide bonds. The van der Waals surface area contributed by atoms with Crippen molar-refractivity contribution in [2.45, 2.75) is 0 Å². The number of rotatable bonds is 4. The highest BCUT2D eigenvalue weighted by Crippen LogP contribution is 2.19. The molecule has 0 aliphatic heterocycles. The molecule has 126 valence electrons. The summed E-state index contributed by atoms with van der Waals surface area (Å²) in [5.41, 5.74) is 2.15. The van der Waals surface area contributed by atoms with Gasteiger partial charge < -0.3 is 9.77 Å². The van der Waals surface area contributed by atoms with Crippen LogP contribution in [-0.4, -0.2) is 36.2 Å². The summed E-state index contributed by atoms with van der Waals surface area (Å²) < 4.78 is 1.94. The third-order valence-electron chi connectivity index (χ3n) is 3.98. The summed E-state index contributed by atoms with van der Waals surface area (Å²) in [4.78, 5) is 24.9. The van der Waals surface area contributed by atoms with E-state index in [4.69, 9.17) is 0 Å². The van der Waals surface area contributed by atoms with E-state index in [1.54, 1.807) is 18.3 Å². The molecule has 1 N–H and O–H groups in total. The first-order valence-electron chi connectivity index (χ1n) is 7.83. The van der Waals surface area contributed by atoms with Crippen LogP contribution in [-0.2, 0) is 0 Å². The summed E-state index contributed by atoms with van der Waals surface area (Å²) in [5, 5.41) is 13.4. The SMILES string of the molecule is O=C(/C(=N/O)c1cnccn1)c1ccc(-n2ccc3cccnc32)cc1. The van der Waals surface area contributed by atoms with Gasteiger partial charge >= 0.3 is 0 Å². The van der Waals surface area contributed by atoms with Crippen molar-refractivity contribution >= 4 is 22.5 Å². The molecule has 0 spiro atoms. The number of ketones is 1. The fourth-order valence-electron chi connectivity index (χ4n) is 2.72. The van der Waals surface area contributed by atoms with Crippen LogP contribution in [0.2, 0.25) is 0 Å². The normalized spacial score (nSPS) is 11.6. The lowest BCUT2D eigenvalue weighted by Gasteiger charge is -2.07. The van der Waals surface area contributed by atoms with Crippen molar-refractivity contribution in [3.05, 3.63) is 84.7 Å². The van der Waals surface area contributed by atoms with Crippen LogP contribution < -0.4 is 0 Å². The predicted octanol–water partition coefficient (Wildman–Crippen LogP) is 2.88. The van der Waals surface area contributed by atoms with Gasteiger partial charge in [-0.2, -0.15) is 0 Å². The van der Waals surface area contributed by atoms with Gasteiger partial charge in [0.25, 0.3) is 0 Å². The molecule has 3 aromatic heterocycles. The van der Waals surface area contributed by atoms with E-state index in [9.17, 15) is 10.0 Å². The maximum atomic E-state index is 12.6. The van der Waals surface area contributed by atoms with Crippen LogP contribution in [0.1, 0.15) is 16.1 Å². The standard InChI is InChI=1S/C19H13N5O2/c25-18(17(23-26)16-12-20-9-10-21-16)13-3-5-15(6-4-13)24-11-7-14-2-1-8-22-19(14)24/h1-12,26H/b23-17+. The van der Waals surface area contributed by atoms with Crippen molar-refractivity contribution in [2.75, 3.05) is 0 Å². The molecule has 0 radical (unpaired) electrons. The zero-order chi connectivity index (χ0) is 17.9. The van der Waals surface area contributed by atoms with Crippen molar-refractivity contribution in [3.63, 3.8) is 0 Å². The van der Waals surface area contributed by atoms with E-state index in [0.717, 1.165) is 16.7 Å². The van der Waals surface area contributed by atoms with Gasteiger partial charge in [-0.05, 0) is 42.5 Å². The quantitative estimate of drug-likeness (QED) is 0.266. The molecule has 0 saturated heterocycles. The van der Waals surface area contributed by atoms with Crippen LogP contribution in [0.3, 0.4) is 0 Å². The Kier molecular flexibility index (Phi) is 3.95. The number of benzene rings is 1. The van der Waals surface area contributed by atoms with Crippen molar-refractivity contribution in [1.29, 1.82) is 0 Å². The zero-order valence-corrected chi connectivity index (χ0v) is 13.5. The molecule has 0 aliphatic carbocycles. The lowest BCUT2D eigenvalue weighted by molar-refractivity contribution is 0.106. The van der Waals surface area contributed by atoms with E-state index in [1.807, 2.05) is 41.1 Å². The van der Waals surface area contributed by atoms with Crippen molar-refractivity contribution in [2.24, 2.45) is 5.16 Å². The second-order valence-electron chi connectivity index (χ2n) is 5.52. The van der Waals surface area contributed by atoms with Crippen LogP contribution >= 0.6 is 0 Å². The van der Waals surface area contributed by atoms with E-state index >= 15 is 0 Å². The highest BCUT2D eigenvalue weighted by atomic mass is 16.4. The van der Waals surface area contributed by atoms with Gasteiger partial charge in [-0.1, -0.05) is 5.16 Å². The maximum Gasteiger partial charge on any atom is 0.217 e. The van der Waals surface area contributed by atoms with Crippen molar-refractivity contribution < 1.29 is 10.0 Å². The number of oxime groups is 1. The largest absolute Gasteiger partial charge is 0.410 e. The lowest BCUT2D eigenvalue weighted by Crippen LogP contribution is -2.17. The molecule has 7 heteroatoms. The summed E-state index contributed by atoms with van der Waals surface area (Å²) in [7, 11) is 0. The first-order valence-corrected chi connectivity index (χ1v) is 7.83. The number of carbonyl (C=O) groups excluding carboxylic acids is 1. The minimum atomic E-state index is -0.435. The minimum absolute atomic E-state index is 0.154. The van der Waals surface area contributed by atoms with Crippen molar-refractivity contribution in [1.82, 2.24) is 19.5 Å². The molecule has 7 nitrogen and oxygen atoms in total. The Bertz CT molecular complexity index is 1100. The summed E-state index contributed by atoms with van der Waals surface area (Å²) in [5.74, 6) is -0.435. The van der Waals surface area contributed by atoms with Gasteiger partial charge in [0.15, 0.2) is 5.71 Å². The van der Waals surface area contributed by atoms with Crippen LogP contribution in [0.4, 0.5) is 0 Å². The molecule has 0 bridgehead atoms. The van der Waals surface area contributed by atoms with Gasteiger partial charge in [0, 0.05) is 41.4 Å². The van der Waals surface area contributed by atoms with Gasteiger partial charge in [0.2, 0.25) is 5.78 Å². The van der Waals surface area contributed by atoms with Crippen molar-refractivity contribution in [3.8, 4) is 5.69 Å². The van der Waals surface area contributed by atoms with Gasteiger partial charge in [0.05, 0.1) is 6.20 Å². The van der Waals surface area contributed by atoms with Crippen LogP contribution in [0, 0.1) is 0 Å². The molecule has 1 aromatic carbocycles. The van der Waals surface area contributed by atoms with Gasteiger partial charge in [0.1, 0.15) is 11.3 Å². The summed E-state index contributed by atoms with van der Waals surface area (Å²) in [6.07, 6.45) is 7.95. The molecular weight excluding hydrogens is 330 g/mol. The molecule has 4 aromatic rings. The number of hydrogen-bond donors (Lipinski definition) is 1. The first-order chi connectivity index (χ1) is 12.8. The Morgan fingerprint density at radius 2 is 1.85 bits per heavy atom. The highest BCUT2D eigenvalue weighted by molar-refractivity contribution is 6.50. The third kappa shape index (κ3) is 2.71. The second kappa shape index (κ2) is 6.56. The van der Waals surface area contributed by atoms with Gasteiger partial charge in [-0.25, -0.2) is 4.98 Å². The number of fused-ring (bicyclic) bond motifs is 1. The Balaban J connectivity index is 1.66. The Morgan fingerprint density at radius 3 is 2.58 bits per heavy atom. The average Bonchev–Trinajstić information content (AvgIpc) is 3.13. The van der Waals surface area contributed by atoms with E-state index in [-0.39, 0.29) is 11.4 Å². The highest BCUT2D eigenvalue weighted by Gasteiger charge is 2.18. The number of Topliss-reactive ketones (excluding diaryl/α,β-unsaturated/α-hetero) is 1. The van der Waals surface area contributed by atoms with Crippen LogP contribution in [0.5, 0.6) is 0 Å². The number of carbonyl (C=O) groups is 1. The van der Waals surface area contributed by atoms with E-state index in [0.29, 0.717) is 5.56 Å². The summed E-state index contributed by atoms with van der Waals surface area (Å²) in [6, 6.07) is 12.8. The number of pyridine rings is 1. The van der Waals surface area contributed by atoms with Crippen LogP contribution in [0.15, 0.2) is 78.6 Å². The average molecular weight is 343 g/mol. The molecule has 0 aliphatic rings. The minimum Gasteiger partial charge on any atom is -0.410 e. The molecular formula is C19H13N5O2. The summed E-state index contributed by atoms with van der Waals surface area (Å²) >= 11 is 0. The molecule has 0 saturated carbocycles. The second-order valence-corrected chi connectivity index (χ2v) is 5.52. The molecule has 0 unspecified atom stereocenters. The summed E-state index contributed by atoms with van der Waals surface area (Å²) in [6.45, 7) is 0. The lowest BCUT2D eigenvalue weighted by atomic mass is 10.0. The fourth-order valence-corrected chi connectivity index (χ4v) is 2.72. The number of hydrogen-bond acceptors (Lipinski definition) is 6. The Hall–Kier alpha value is -3.87. The number of nitrogens with zero attached hydrogens (tertiary/aromatic N) is 5. The van der Waals surface area contributed by atoms with Crippen LogP contribution in [0.25, 0.3) is 16.7 Å². The predicted molar refractivity (Wildman–Crippen MR) is 95.8 cm³/mol. The molecule has 4 rings (SSSR count). The van der Waals surface area contributed by atoms with E-state index in [1.165, 1.54) is 18.6 Å². The molecule has 0 fully saturated rings. The first kappa shape index (κ1) is 15.6. The fraction of sp³-hybridized carbons (Fsp3) is 0. The topological polar surface area (TPSA) is 93.3 Å². The van der Waals surface area contributed by atoms with Gasteiger partial charge in [-0.3, -0.25) is 14.8 Å². The zero-order valence-electron chi connectivity index (χ0n) is 13.5. The smallest absolute Gasteiger partial charge is 0.217 e. The molecule has 26 heavy (non-hydrogen) atoms. The monoisotopic (exact) mass is 343 g/mol. The molecule has 0 atom stereocenters. The van der Waals surface area contributed by atoms with E-state index < -0.39 is 5.78 Å². The Labute approximate surface area is 148 Å². The van der Waals surface area contributed by atoms with Gasteiger partial charge in [-0.15, -0.1) is 0 Å². The molecule has 3 heterocycles. The number of aromatic nitrogens is 4. The maximum absolute atomic E-state index is 12.6.